The Kier molecular flexibility index (Phi) is 6.37. The summed E-state index contributed by atoms with van der Waals surface area (Å²) in [6, 6.07) is 9.89. The van der Waals surface area contributed by atoms with Crippen LogP contribution in [0.25, 0.3) is 0 Å². The predicted molar refractivity (Wildman–Crippen MR) is 92.4 cm³/mol. The van der Waals surface area contributed by atoms with Crippen molar-refractivity contribution in [3.63, 3.8) is 0 Å². The molecule has 25 heavy (non-hydrogen) atoms. The van der Waals surface area contributed by atoms with Gasteiger partial charge in [-0.2, -0.15) is 5.26 Å². The van der Waals surface area contributed by atoms with E-state index in [1.165, 1.54) is 18.2 Å². The SMILES string of the molecule is CCOC(=O)Cc1ccc(Cl)c(Oc2cc(C#N)cc(CC)c2)c1F. The topological polar surface area (TPSA) is 59.3 Å². The minimum atomic E-state index is -0.721. The Balaban J connectivity index is 2.36. The van der Waals surface area contributed by atoms with Crippen molar-refractivity contribution in [2.24, 2.45) is 0 Å². The number of rotatable bonds is 6. The number of hydrogen-bond acceptors (Lipinski definition) is 4. The van der Waals surface area contributed by atoms with Gasteiger partial charge in [0.25, 0.3) is 0 Å². The second kappa shape index (κ2) is 8.50. The summed E-state index contributed by atoms with van der Waals surface area (Å²) >= 11 is 6.05. The highest BCUT2D eigenvalue weighted by Crippen LogP contribution is 2.35. The van der Waals surface area contributed by atoms with Gasteiger partial charge in [0.2, 0.25) is 0 Å². The van der Waals surface area contributed by atoms with Crippen LogP contribution in [0.15, 0.2) is 30.3 Å². The molecule has 0 unspecified atom stereocenters. The number of benzene rings is 2. The number of aryl methyl sites for hydroxylation is 1. The molecule has 0 N–H and O–H groups in total. The van der Waals surface area contributed by atoms with E-state index in [2.05, 4.69) is 0 Å². The van der Waals surface area contributed by atoms with Crippen LogP contribution in [0, 0.1) is 17.1 Å². The molecule has 0 atom stereocenters. The van der Waals surface area contributed by atoms with E-state index in [1.54, 1.807) is 19.1 Å². The molecule has 0 aromatic heterocycles. The molecule has 0 aliphatic rings. The van der Waals surface area contributed by atoms with Crippen LogP contribution in [0.2, 0.25) is 5.02 Å². The number of carbonyl (C=O) groups excluding carboxylic acids is 1. The summed E-state index contributed by atoms with van der Waals surface area (Å²) in [7, 11) is 0. The third-order valence-corrected chi connectivity index (χ3v) is 3.79. The van der Waals surface area contributed by atoms with Crippen LogP contribution in [-0.4, -0.2) is 12.6 Å². The first-order valence-electron chi connectivity index (χ1n) is 7.82. The van der Waals surface area contributed by atoms with Crippen molar-refractivity contribution in [3.8, 4) is 17.6 Å². The standard InChI is InChI=1S/C19H17ClFNO3/c1-3-12-7-13(11-22)9-15(8-12)25-19-16(20)6-5-14(18(19)21)10-17(23)24-4-2/h5-9H,3-4,10H2,1-2H3. The first-order valence-corrected chi connectivity index (χ1v) is 8.20. The van der Waals surface area contributed by atoms with Crippen molar-refractivity contribution in [2.45, 2.75) is 26.7 Å². The zero-order chi connectivity index (χ0) is 18.4. The number of nitrogens with zero attached hydrogens (tertiary/aromatic N) is 1. The van der Waals surface area contributed by atoms with E-state index in [4.69, 9.17) is 26.3 Å². The predicted octanol–water partition coefficient (Wildman–Crippen LogP) is 4.81. The molecule has 2 aromatic rings. The average molecular weight is 362 g/mol. The van der Waals surface area contributed by atoms with Crippen LogP contribution in [0.1, 0.15) is 30.5 Å². The lowest BCUT2D eigenvalue weighted by molar-refractivity contribution is -0.142. The zero-order valence-corrected chi connectivity index (χ0v) is 14.7. The molecule has 0 aliphatic heterocycles. The summed E-state index contributed by atoms with van der Waals surface area (Å²) in [6.07, 6.45) is 0.483. The highest BCUT2D eigenvalue weighted by atomic mass is 35.5. The molecule has 0 saturated heterocycles. The number of hydrogen-bond donors (Lipinski definition) is 0. The Morgan fingerprint density at radius 1 is 1.28 bits per heavy atom. The lowest BCUT2D eigenvalue weighted by atomic mass is 10.1. The van der Waals surface area contributed by atoms with E-state index in [-0.39, 0.29) is 29.4 Å². The van der Waals surface area contributed by atoms with E-state index in [0.717, 1.165) is 5.56 Å². The Labute approximate surface area is 150 Å². The quantitative estimate of drug-likeness (QED) is 0.693. The zero-order valence-electron chi connectivity index (χ0n) is 13.9. The molecule has 0 fully saturated rings. The highest BCUT2D eigenvalue weighted by molar-refractivity contribution is 6.32. The van der Waals surface area contributed by atoms with Crippen LogP contribution in [0.4, 0.5) is 4.39 Å². The summed E-state index contributed by atoms with van der Waals surface area (Å²) in [6.45, 7) is 3.84. The molecule has 4 nitrogen and oxygen atoms in total. The van der Waals surface area contributed by atoms with Gasteiger partial charge in [0.15, 0.2) is 11.6 Å². The lowest BCUT2D eigenvalue weighted by Crippen LogP contribution is -2.09. The summed E-state index contributed by atoms with van der Waals surface area (Å²) < 4.78 is 25.1. The fourth-order valence-corrected chi connectivity index (χ4v) is 2.46. The molecule has 0 bridgehead atoms. The molecule has 0 aliphatic carbocycles. The second-order valence-electron chi connectivity index (χ2n) is 5.26. The van der Waals surface area contributed by atoms with Crippen molar-refractivity contribution in [1.82, 2.24) is 0 Å². The normalized spacial score (nSPS) is 10.2. The maximum absolute atomic E-state index is 14.7. The Hall–Kier alpha value is -2.58. The summed E-state index contributed by atoms with van der Waals surface area (Å²) in [5, 5.41) is 9.17. The number of nitriles is 1. The van der Waals surface area contributed by atoms with Gasteiger partial charge in [-0.3, -0.25) is 4.79 Å². The van der Waals surface area contributed by atoms with Gasteiger partial charge in [0.05, 0.1) is 29.7 Å². The van der Waals surface area contributed by atoms with E-state index >= 15 is 0 Å². The first-order chi connectivity index (χ1) is 12.0. The molecule has 0 amide bonds. The molecule has 0 heterocycles. The van der Waals surface area contributed by atoms with Gasteiger partial charge < -0.3 is 9.47 Å². The molecule has 6 heteroatoms. The largest absolute Gasteiger partial charge is 0.466 e. The van der Waals surface area contributed by atoms with Gasteiger partial charge in [-0.05, 0) is 43.2 Å². The smallest absolute Gasteiger partial charge is 0.310 e. The minimum Gasteiger partial charge on any atom is -0.466 e. The Morgan fingerprint density at radius 3 is 2.68 bits per heavy atom. The van der Waals surface area contributed by atoms with Crippen LogP contribution in [-0.2, 0) is 22.4 Å². The Morgan fingerprint density at radius 2 is 2.04 bits per heavy atom. The van der Waals surface area contributed by atoms with Gasteiger partial charge in [0.1, 0.15) is 5.75 Å². The maximum atomic E-state index is 14.7. The molecule has 2 rings (SSSR count). The van der Waals surface area contributed by atoms with E-state index in [1.807, 2.05) is 13.0 Å². The first kappa shape index (κ1) is 18.8. The molecular weight excluding hydrogens is 345 g/mol. The maximum Gasteiger partial charge on any atom is 0.310 e. The minimum absolute atomic E-state index is 0.0746. The Bertz CT molecular complexity index is 830. The van der Waals surface area contributed by atoms with Crippen LogP contribution in [0.5, 0.6) is 11.5 Å². The molecular formula is C19H17ClFNO3. The van der Waals surface area contributed by atoms with Crippen molar-refractivity contribution in [1.29, 1.82) is 5.26 Å². The van der Waals surface area contributed by atoms with Gasteiger partial charge in [-0.25, -0.2) is 4.39 Å². The molecule has 2 aromatic carbocycles. The van der Waals surface area contributed by atoms with Gasteiger partial charge in [0, 0.05) is 5.56 Å². The number of halogens is 2. The lowest BCUT2D eigenvalue weighted by Gasteiger charge is -2.13. The van der Waals surface area contributed by atoms with Gasteiger partial charge in [-0.15, -0.1) is 0 Å². The summed E-state index contributed by atoms with van der Waals surface area (Å²) in [5.74, 6) is -1.12. The van der Waals surface area contributed by atoms with E-state index in [0.29, 0.717) is 17.7 Å². The molecule has 0 spiro atoms. The molecule has 130 valence electrons. The third kappa shape index (κ3) is 4.71. The molecule has 0 radical (unpaired) electrons. The number of ether oxygens (including phenoxy) is 2. The summed E-state index contributed by atoms with van der Waals surface area (Å²) in [4.78, 5) is 11.6. The van der Waals surface area contributed by atoms with Crippen molar-refractivity contribution < 1.29 is 18.7 Å². The van der Waals surface area contributed by atoms with Crippen LogP contribution >= 0.6 is 11.6 Å². The van der Waals surface area contributed by atoms with E-state index < -0.39 is 11.8 Å². The average Bonchev–Trinajstić information content (AvgIpc) is 2.61. The highest BCUT2D eigenvalue weighted by Gasteiger charge is 2.18. The molecule has 0 saturated carbocycles. The fourth-order valence-electron chi connectivity index (χ4n) is 2.28. The second-order valence-corrected chi connectivity index (χ2v) is 5.67. The number of carbonyl (C=O) groups is 1. The van der Waals surface area contributed by atoms with Crippen LogP contribution < -0.4 is 4.74 Å². The van der Waals surface area contributed by atoms with Crippen molar-refractivity contribution in [2.75, 3.05) is 6.61 Å². The van der Waals surface area contributed by atoms with Crippen molar-refractivity contribution >= 4 is 17.6 Å². The van der Waals surface area contributed by atoms with E-state index in [9.17, 15) is 9.18 Å². The summed E-state index contributed by atoms with van der Waals surface area (Å²) in [5.41, 5.74) is 1.42. The van der Waals surface area contributed by atoms with Gasteiger partial charge in [-0.1, -0.05) is 24.6 Å². The van der Waals surface area contributed by atoms with Crippen molar-refractivity contribution in [3.05, 3.63) is 57.9 Å². The van der Waals surface area contributed by atoms with Crippen LogP contribution in [0.3, 0.4) is 0 Å². The third-order valence-electron chi connectivity index (χ3n) is 3.49. The van der Waals surface area contributed by atoms with Gasteiger partial charge >= 0.3 is 5.97 Å². The fraction of sp³-hybridized carbons (Fsp3) is 0.263. The number of esters is 1. The monoisotopic (exact) mass is 361 g/mol.